The molecule has 5 nitrogen and oxygen atoms in total. The molecule has 1 heterocycles. The minimum Gasteiger partial charge on any atom is -0.497 e. The van der Waals surface area contributed by atoms with E-state index in [1.54, 1.807) is 31.4 Å². The van der Waals surface area contributed by atoms with Gasteiger partial charge in [0.15, 0.2) is 0 Å². The number of rotatable bonds is 7. The van der Waals surface area contributed by atoms with E-state index in [1.165, 1.54) is 12.1 Å². The van der Waals surface area contributed by atoms with Crippen molar-refractivity contribution in [3.63, 3.8) is 0 Å². The van der Waals surface area contributed by atoms with Gasteiger partial charge in [0.2, 0.25) is 0 Å². The summed E-state index contributed by atoms with van der Waals surface area (Å²) in [5.74, 6) is 0.161. The molecular weight excluding hydrogens is 443 g/mol. The molecule has 0 atom stereocenters. The number of nitrogens with zero attached hydrogens (tertiary/aromatic N) is 1. The predicted molar refractivity (Wildman–Crippen MR) is 126 cm³/mol. The maximum atomic E-state index is 13.0. The highest BCUT2D eigenvalue weighted by Gasteiger charge is 2.30. The van der Waals surface area contributed by atoms with E-state index in [0.717, 1.165) is 34.3 Å². The Labute approximate surface area is 194 Å². The number of methoxy groups -OCH3 is 1. The number of ether oxygens (including phenoxy) is 1. The van der Waals surface area contributed by atoms with Crippen molar-refractivity contribution < 1.29 is 22.7 Å². The lowest BCUT2D eigenvalue weighted by molar-refractivity contribution is -0.137. The van der Waals surface area contributed by atoms with Crippen LogP contribution in [-0.4, -0.2) is 30.3 Å². The van der Waals surface area contributed by atoms with Gasteiger partial charge in [0, 0.05) is 34.9 Å². The van der Waals surface area contributed by atoms with Crippen molar-refractivity contribution in [1.82, 2.24) is 4.98 Å². The summed E-state index contributed by atoms with van der Waals surface area (Å²) in [4.78, 5) is 20.7. The van der Waals surface area contributed by atoms with Crippen molar-refractivity contribution >= 4 is 28.2 Å². The first-order valence-electron chi connectivity index (χ1n) is 10.6. The smallest absolute Gasteiger partial charge is 0.416 e. The van der Waals surface area contributed by atoms with E-state index in [0.29, 0.717) is 18.5 Å². The maximum Gasteiger partial charge on any atom is 0.416 e. The fraction of sp³-hybridized carbons (Fsp3) is 0.154. The summed E-state index contributed by atoms with van der Waals surface area (Å²) in [6.07, 6.45) is -2.05. The Bertz CT molecular complexity index is 1330. The molecule has 174 valence electrons. The fourth-order valence-electron chi connectivity index (χ4n) is 3.63. The Morgan fingerprint density at radius 1 is 1.03 bits per heavy atom. The molecule has 8 heteroatoms. The van der Waals surface area contributed by atoms with E-state index in [2.05, 4.69) is 15.3 Å². The van der Waals surface area contributed by atoms with Gasteiger partial charge in [0.1, 0.15) is 11.5 Å². The average Bonchev–Trinajstić information content (AvgIpc) is 3.24. The van der Waals surface area contributed by atoms with Gasteiger partial charge in [-0.3, -0.25) is 9.79 Å². The summed E-state index contributed by atoms with van der Waals surface area (Å²) >= 11 is 0. The molecular formula is C26H22F3N3O2. The number of halogens is 3. The molecule has 0 fully saturated rings. The lowest BCUT2D eigenvalue weighted by Crippen LogP contribution is -2.24. The first kappa shape index (κ1) is 23.1. The standard InChI is InChI=1S/C26H22F3N3O2/c1-34-21-10-11-23-22(15-21)18(16-31-23)12-13-30-24(17-6-3-2-4-7-17)25(33)32-20-9-5-8-19(14-20)26(27,28)29/h2-11,14-16,31H,12-13H2,1H3,(H,32,33). The number of aromatic amines is 1. The van der Waals surface area contributed by atoms with Gasteiger partial charge in [-0.2, -0.15) is 13.2 Å². The van der Waals surface area contributed by atoms with Crippen LogP contribution in [0, 0.1) is 0 Å². The van der Waals surface area contributed by atoms with Crippen LogP contribution in [0.2, 0.25) is 0 Å². The number of benzene rings is 3. The minimum atomic E-state index is -4.50. The molecule has 4 aromatic rings. The fourth-order valence-corrected chi connectivity index (χ4v) is 3.63. The van der Waals surface area contributed by atoms with Crippen LogP contribution in [0.3, 0.4) is 0 Å². The van der Waals surface area contributed by atoms with Crippen LogP contribution >= 0.6 is 0 Å². The SMILES string of the molecule is COc1ccc2[nH]cc(CCN=C(C(=O)Nc3cccc(C(F)(F)F)c3)c3ccccc3)c2c1. The molecule has 0 radical (unpaired) electrons. The number of amides is 1. The highest BCUT2D eigenvalue weighted by molar-refractivity contribution is 6.48. The summed E-state index contributed by atoms with van der Waals surface area (Å²) < 4.78 is 44.4. The lowest BCUT2D eigenvalue weighted by atomic mass is 10.1. The van der Waals surface area contributed by atoms with Crippen molar-refractivity contribution in [1.29, 1.82) is 0 Å². The predicted octanol–water partition coefficient (Wildman–Crippen LogP) is 5.87. The Morgan fingerprint density at radius 2 is 1.82 bits per heavy atom. The highest BCUT2D eigenvalue weighted by Crippen LogP contribution is 2.30. The molecule has 4 rings (SSSR count). The van der Waals surface area contributed by atoms with E-state index in [-0.39, 0.29) is 11.4 Å². The number of anilines is 1. The van der Waals surface area contributed by atoms with E-state index >= 15 is 0 Å². The van der Waals surface area contributed by atoms with Gasteiger partial charge < -0.3 is 15.0 Å². The second-order valence-corrected chi connectivity index (χ2v) is 7.60. The summed E-state index contributed by atoms with van der Waals surface area (Å²) in [5.41, 5.74) is 1.92. The quantitative estimate of drug-likeness (QED) is 0.336. The van der Waals surface area contributed by atoms with Gasteiger partial charge >= 0.3 is 6.18 Å². The summed E-state index contributed by atoms with van der Waals surface area (Å²) in [7, 11) is 1.60. The van der Waals surface area contributed by atoms with E-state index in [1.807, 2.05) is 30.5 Å². The van der Waals surface area contributed by atoms with Gasteiger partial charge in [0.25, 0.3) is 5.91 Å². The number of hydrogen-bond acceptors (Lipinski definition) is 3. The van der Waals surface area contributed by atoms with Gasteiger partial charge in [-0.05, 0) is 48.4 Å². The zero-order valence-corrected chi connectivity index (χ0v) is 18.3. The van der Waals surface area contributed by atoms with E-state index in [9.17, 15) is 18.0 Å². The summed E-state index contributed by atoms with van der Waals surface area (Å²) in [5, 5.41) is 3.55. The third kappa shape index (κ3) is 5.28. The molecule has 3 aromatic carbocycles. The summed E-state index contributed by atoms with van der Waals surface area (Å²) in [6.45, 7) is 0.310. The second-order valence-electron chi connectivity index (χ2n) is 7.60. The molecule has 0 aliphatic heterocycles. The topological polar surface area (TPSA) is 66.5 Å². The molecule has 1 aromatic heterocycles. The number of alkyl halides is 3. The first-order chi connectivity index (χ1) is 16.3. The largest absolute Gasteiger partial charge is 0.497 e. The molecule has 0 saturated carbocycles. The van der Waals surface area contributed by atoms with Crippen LogP contribution in [0.1, 0.15) is 16.7 Å². The van der Waals surface area contributed by atoms with Crippen molar-refractivity contribution in [2.75, 3.05) is 19.0 Å². The Morgan fingerprint density at radius 3 is 2.56 bits per heavy atom. The maximum absolute atomic E-state index is 13.0. The van der Waals surface area contributed by atoms with Crippen LogP contribution in [0.25, 0.3) is 10.9 Å². The van der Waals surface area contributed by atoms with E-state index < -0.39 is 17.6 Å². The van der Waals surface area contributed by atoms with Crippen LogP contribution in [-0.2, 0) is 17.4 Å². The number of fused-ring (bicyclic) bond motifs is 1. The van der Waals surface area contributed by atoms with Crippen molar-refractivity contribution in [2.24, 2.45) is 4.99 Å². The molecule has 34 heavy (non-hydrogen) atoms. The molecule has 2 N–H and O–H groups in total. The third-order valence-corrected chi connectivity index (χ3v) is 5.34. The molecule has 0 bridgehead atoms. The normalized spacial score (nSPS) is 12.1. The number of hydrogen-bond donors (Lipinski definition) is 2. The van der Waals surface area contributed by atoms with Crippen LogP contribution in [0.4, 0.5) is 18.9 Å². The van der Waals surface area contributed by atoms with Crippen LogP contribution in [0.5, 0.6) is 5.75 Å². The molecule has 0 aliphatic rings. The number of H-pyrrole nitrogens is 1. The van der Waals surface area contributed by atoms with Crippen molar-refractivity contribution in [3.8, 4) is 5.75 Å². The zero-order chi connectivity index (χ0) is 24.1. The van der Waals surface area contributed by atoms with Gasteiger partial charge in [-0.25, -0.2) is 0 Å². The molecule has 0 unspecified atom stereocenters. The Kier molecular flexibility index (Phi) is 6.67. The summed E-state index contributed by atoms with van der Waals surface area (Å²) in [6, 6.07) is 19.1. The second kappa shape index (κ2) is 9.82. The van der Waals surface area contributed by atoms with Crippen LogP contribution in [0.15, 0.2) is 84.0 Å². The molecule has 0 aliphatic carbocycles. The molecule has 0 saturated heterocycles. The van der Waals surface area contributed by atoms with Gasteiger partial charge in [0.05, 0.1) is 12.7 Å². The Hall–Kier alpha value is -4.07. The van der Waals surface area contributed by atoms with E-state index in [4.69, 9.17) is 4.74 Å². The average molecular weight is 465 g/mol. The number of aliphatic imine (C=N–C) groups is 1. The van der Waals surface area contributed by atoms with Crippen molar-refractivity contribution in [2.45, 2.75) is 12.6 Å². The minimum absolute atomic E-state index is 0.0483. The van der Waals surface area contributed by atoms with Gasteiger partial charge in [-0.15, -0.1) is 0 Å². The van der Waals surface area contributed by atoms with Crippen molar-refractivity contribution in [3.05, 3.63) is 95.7 Å². The Balaban J connectivity index is 1.57. The monoisotopic (exact) mass is 465 g/mol. The molecule has 0 spiro atoms. The highest BCUT2D eigenvalue weighted by atomic mass is 19.4. The number of aromatic nitrogens is 1. The third-order valence-electron chi connectivity index (χ3n) is 5.34. The number of carbonyl (C=O) groups excluding carboxylic acids is 1. The lowest BCUT2D eigenvalue weighted by Gasteiger charge is -2.11. The number of nitrogens with one attached hydrogen (secondary N) is 2. The van der Waals surface area contributed by atoms with Crippen LogP contribution < -0.4 is 10.1 Å². The first-order valence-corrected chi connectivity index (χ1v) is 10.6. The number of carbonyl (C=O) groups is 1. The zero-order valence-electron chi connectivity index (χ0n) is 18.3. The molecule has 1 amide bonds. The van der Waals surface area contributed by atoms with Gasteiger partial charge in [-0.1, -0.05) is 36.4 Å².